The summed E-state index contributed by atoms with van der Waals surface area (Å²) in [6.07, 6.45) is 3.70. The molecule has 1 aliphatic rings. The van der Waals surface area contributed by atoms with Gasteiger partial charge in [-0.15, -0.1) is 22.7 Å². The molecule has 1 amide bonds. The highest BCUT2D eigenvalue weighted by Gasteiger charge is 2.20. The van der Waals surface area contributed by atoms with Crippen molar-refractivity contribution in [3.05, 3.63) is 92.7 Å². The quantitative estimate of drug-likeness (QED) is 0.183. The van der Waals surface area contributed by atoms with Crippen LogP contribution in [0, 0.1) is 0 Å². The standard InChI is InChI=1S/C30H23Cl2N7O2S2/c31-24-17-22(27(32)43-24)28(40)34-20-3-1-2-18(16-20)25-26(39-12-15-42-30(39)37-25)23-8-9-33-29(36-23)35-19-4-6-21(7-5-19)38-10-13-41-14-11-38/h1-9,12,15-17H,10-11,13-14H2,(H,34,40)(H,33,35,36). The van der Waals surface area contributed by atoms with Crippen LogP contribution in [0.25, 0.3) is 27.6 Å². The van der Waals surface area contributed by atoms with Crippen molar-refractivity contribution < 1.29 is 9.53 Å². The third-order valence-electron chi connectivity index (χ3n) is 6.96. The Balaban J connectivity index is 1.17. The number of ether oxygens (including phenoxy) is 1. The zero-order chi connectivity index (χ0) is 29.3. The largest absolute Gasteiger partial charge is 0.378 e. The van der Waals surface area contributed by atoms with Crippen molar-refractivity contribution in [1.82, 2.24) is 19.4 Å². The molecule has 216 valence electrons. The molecule has 9 nitrogen and oxygen atoms in total. The van der Waals surface area contributed by atoms with E-state index in [9.17, 15) is 4.79 Å². The maximum absolute atomic E-state index is 12.9. The van der Waals surface area contributed by atoms with Crippen LogP contribution in [0.5, 0.6) is 0 Å². The van der Waals surface area contributed by atoms with E-state index in [-0.39, 0.29) is 5.91 Å². The molecular formula is C30H23Cl2N7O2S2. The van der Waals surface area contributed by atoms with Gasteiger partial charge in [-0.05, 0) is 48.5 Å². The molecular weight excluding hydrogens is 625 g/mol. The van der Waals surface area contributed by atoms with Crippen molar-refractivity contribution in [2.24, 2.45) is 0 Å². The summed E-state index contributed by atoms with van der Waals surface area (Å²) in [5.41, 5.74) is 6.07. The van der Waals surface area contributed by atoms with Crippen molar-refractivity contribution in [1.29, 1.82) is 0 Å². The molecule has 6 aromatic rings. The number of nitrogens with zero attached hydrogens (tertiary/aromatic N) is 5. The molecule has 13 heteroatoms. The monoisotopic (exact) mass is 647 g/mol. The van der Waals surface area contributed by atoms with Gasteiger partial charge >= 0.3 is 0 Å². The van der Waals surface area contributed by atoms with Gasteiger partial charge in [0.05, 0.1) is 34.5 Å². The summed E-state index contributed by atoms with van der Waals surface area (Å²) in [6, 6.07) is 19.2. The summed E-state index contributed by atoms with van der Waals surface area (Å²) in [4.78, 5) is 30.3. The van der Waals surface area contributed by atoms with Crippen LogP contribution >= 0.6 is 45.9 Å². The number of amides is 1. The van der Waals surface area contributed by atoms with E-state index in [1.165, 1.54) is 11.3 Å². The smallest absolute Gasteiger partial charge is 0.258 e. The molecule has 2 aromatic carbocycles. The van der Waals surface area contributed by atoms with E-state index in [0.29, 0.717) is 31.6 Å². The zero-order valence-electron chi connectivity index (χ0n) is 22.5. The maximum atomic E-state index is 12.9. The average molecular weight is 649 g/mol. The summed E-state index contributed by atoms with van der Waals surface area (Å²) < 4.78 is 8.28. The Morgan fingerprint density at radius 2 is 1.81 bits per heavy atom. The lowest BCUT2D eigenvalue weighted by Gasteiger charge is -2.28. The number of fused-ring (bicyclic) bond motifs is 1. The van der Waals surface area contributed by atoms with E-state index in [4.69, 9.17) is 37.9 Å². The Labute approximate surface area is 264 Å². The van der Waals surface area contributed by atoms with Crippen molar-refractivity contribution in [2.75, 3.05) is 41.8 Å². The molecule has 0 saturated carbocycles. The SMILES string of the molecule is O=C(Nc1cccc(-c2nc3sccn3c2-c2ccnc(Nc3ccc(N4CCOCC4)cc3)n2)c1)c1cc(Cl)sc1Cl. The number of nitrogens with one attached hydrogen (secondary N) is 2. The van der Waals surface area contributed by atoms with E-state index < -0.39 is 0 Å². The molecule has 0 bridgehead atoms. The lowest BCUT2D eigenvalue weighted by atomic mass is 10.1. The summed E-state index contributed by atoms with van der Waals surface area (Å²) in [5, 5.41) is 8.23. The van der Waals surface area contributed by atoms with E-state index in [1.807, 2.05) is 58.4 Å². The Morgan fingerprint density at radius 3 is 2.60 bits per heavy atom. The number of imidazole rings is 1. The molecule has 0 unspecified atom stereocenters. The number of carbonyl (C=O) groups excluding carboxylic acids is 1. The van der Waals surface area contributed by atoms with Gasteiger partial charge in [-0.25, -0.2) is 15.0 Å². The average Bonchev–Trinajstić information content (AvgIpc) is 3.72. The highest BCUT2D eigenvalue weighted by atomic mass is 35.5. The number of morpholine rings is 1. The summed E-state index contributed by atoms with van der Waals surface area (Å²) in [6.45, 7) is 3.26. The van der Waals surface area contributed by atoms with Crippen molar-refractivity contribution in [3.63, 3.8) is 0 Å². The van der Waals surface area contributed by atoms with Gasteiger partial charge in [0, 0.05) is 53.5 Å². The van der Waals surface area contributed by atoms with Gasteiger partial charge < -0.3 is 20.3 Å². The topological polar surface area (TPSA) is 96.7 Å². The summed E-state index contributed by atoms with van der Waals surface area (Å²) in [7, 11) is 0. The molecule has 0 spiro atoms. The molecule has 1 aliphatic heterocycles. The number of benzene rings is 2. The Kier molecular flexibility index (Phi) is 7.72. The Bertz CT molecular complexity index is 1930. The third kappa shape index (κ3) is 5.82. The highest BCUT2D eigenvalue weighted by Crippen LogP contribution is 2.36. The van der Waals surface area contributed by atoms with Gasteiger partial charge in [-0.3, -0.25) is 9.20 Å². The first-order valence-electron chi connectivity index (χ1n) is 13.4. The lowest BCUT2D eigenvalue weighted by molar-refractivity contribution is 0.102. The molecule has 0 atom stereocenters. The van der Waals surface area contributed by atoms with Crippen LogP contribution < -0.4 is 15.5 Å². The molecule has 2 N–H and O–H groups in total. The van der Waals surface area contributed by atoms with Crippen LogP contribution in [0.2, 0.25) is 8.67 Å². The number of hydrogen-bond donors (Lipinski definition) is 2. The predicted molar refractivity (Wildman–Crippen MR) is 175 cm³/mol. The zero-order valence-corrected chi connectivity index (χ0v) is 25.6. The number of anilines is 4. The molecule has 43 heavy (non-hydrogen) atoms. The molecule has 1 fully saturated rings. The van der Waals surface area contributed by atoms with Gasteiger partial charge in [0.2, 0.25) is 5.95 Å². The van der Waals surface area contributed by atoms with E-state index in [0.717, 1.165) is 70.9 Å². The number of aromatic nitrogens is 4. The number of hydrogen-bond acceptors (Lipinski definition) is 9. The van der Waals surface area contributed by atoms with Gasteiger partial charge in [0.25, 0.3) is 5.91 Å². The highest BCUT2D eigenvalue weighted by molar-refractivity contribution is 7.20. The molecule has 1 saturated heterocycles. The van der Waals surface area contributed by atoms with Crippen LogP contribution in [-0.4, -0.2) is 51.6 Å². The van der Waals surface area contributed by atoms with Crippen LogP contribution in [0.3, 0.4) is 0 Å². The summed E-state index contributed by atoms with van der Waals surface area (Å²) >= 11 is 14.9. The van der Waals surface area contributed by atoms with Crippen molar-refractivity contribution >= 4 is 79.8 Å². The number of carbonyl (C=O) groups is 1. The minimum absolute atomic E-state index is 0.333. The van der Waals surface area contributed by atoms with E-state index in [2.05, 4.69) is 32.7 Å². The second kappa shape index (κ2) is 11.9. The number of halogens is 2. The van der Waals surface area contributed by atoms with Crippen LogP contribution in [0.1, 0.15) is 10.4 Å². The molecule has 7 rings (SSSR count). The Morgan fingerprint density at radius 1 is 0.977 bits per heavy atom. The predicted octanol–water partition coefficient (Wildman–Crippen LogP) is 7.72. The number of thiazole rings is 1. The first-order chi connectivity index (χ1) is 21.0. The van der Waals surface area contributed by atoms with E-state index in [1.54, 1.807) is 12.3 Å². The number of thiophene rings is 1. The lowest BCUT2D eigenvalue weighted by Crippen LogP contribution is -2.36. The minimum Gasteiger partial charge on any atom is -0.378 e. The molecule has 0 aliphatic carbocycles. The fourth-order valence-electron chi connectivity index (χ4n) is 4.93. The maximum Gasteiger partial charge on any atom is 0.258 e. The minimum atomic E-state index is -0.333. The first kappa shape index (κ1) is 27.8. The van der Waals surface area contributed by atoms with Crippen LogP contribution in [0.4, 0.5) is 23.0 Å². The fraction of sp³-hybridized carbons (Fsp3) is 0.133. The molecule has 4 aromatic heterocycles. The van der Waals surface area contributed by atoms with E-state index >= 15 is 0 Å². The van der Waals surface area contributed by atoms with Crippen LogP contribution in [0.15, 0.2) is 78.4 Å². The van der Waals surface area contributed by atoms with Gasteiger partial charge in [0.15, 0.2) is 4.96 Å². The number of rotatable bonds is 7. The third-order valence-corrected chi connectivity index (χ3v) is 9.20. The summed E-state index contributed by atoms with van der Waals surface area (Å²) in [5.74, 6) is 0.140. The second-order valence-corrected chi connectivity index (χ2v) is 12.8. The van der Waals surface area contributed by atoms with Crippen molar-refractivity contribution in [3.8, 4) is 22.6 Å². The first-order valence-corrected chi connectivity index (χ1v) is 15.8. The van der Waals surface area contributed by atoms with Crippen LogP contribution in [-0.2, 0) is 4.74 Å². The second-order valence-electron chi connectivity index (χ2n) is 9.67. The van der Waals surface area contributed by atoms with Gasteiger partial charge in [-0.2, -0.15) is 0 Å². The Hall–Kier alpha value is -4.00. The fourth-order valence-corrected chi connectivity index (χ4v) is 7.10. The van der Waals surface area contributed by atoms with Gasteiger partial charge in [-0.1, -0.05) is 35.3 Å². The van der Waals surface area contributed by atoms with Crippen molar-refractivity contribution in [2.45, 2.75) is 0 Å². The normalized spacial score (nSPS) is 13.4. The van der Waals surface area contributed by atoms with Gasteiger partial charge in [0.1, 0.15) is 10.0 Å². The molecule has 0 radical (unpaired) electrons. The molecule has 5 heterocycles.